The number of rotatable bonds is 3. The molecule has 92 valence electrons. The number of hydrogen-bond acceptors (Lipinski definition) is 2. The second kappa shape index (κ2) is 5.27. The molecule has 0 spiro atoms. The van der Waals surface area contributed by atoms with Gasteiger partial charge in [0.25, 0.3) is 0 Å². The van der Waals surface area contributed by atoms with E-state index in [1.807, 2.05) is 0 Å². The van der Waals surface area contributed by atoms with Crippen molar-refractivity contribution in [1.29, 1.82) is 0 Å². The number of nitrogens with zero attached hydrogens (tertiary/aromatic N) is 1. The standard InChI is InChI=1S/C13H11FN2O2/c14-11-2-1-10(8-16-13(17)18)12(7-11)9-3-5-15-6-4-9/h1-7,16H,8H2,(H,17,18). The minimum Gasteiger partial charge on any atom is -0.465 e. The van der Waals surface area contributed by atoms with Gasteiger partial charge in [0.2, 0.25) is 0 Å². The van der Waals surface area contributed by atoms with Crippen LogP contribution in [0.1, 0.15) is 5.56 Å². The van der Waals surface area contributed by atoms with Crippen LogP contribution in [0.2, 0.25) is 0 Å². The Bertz CT molecular complexity index is 558. The fourth-order valence-corrected chi connectivity index (χ4v) is 1.67. The van der Waals surface area contributed by atoms with E-state index >= 15 is 0 Å². The summed E-state index contributed by atoms with van der Waals surface area (Å²) in [4.78, 5) is 14.4. The van der Waals surface area contributed by atoms with Crippen molar-refractivity contribution in [3.8, 4) is 11.1 Å². The minimum absolute atomic E-state index is 0.132. The van der Waals surface area contributed by atoms with Gasteiger partial charge in [0.15, 0.2) is 0 Å². The highest BCUT2D eigenvalue weighted by Gasteiger charge is 2.07. The van der Waals surface area contributed by atoms with Crippen molar-refractivity contribution in [1.82, 2.24) is 10.3 Å². The normalized spacial score (nSPS) is 10.1. The molecule has 4 nitrogen and oxygen atoms in total. The molecule has 1 aromatic carbocycles. The van der Waals surface area contributed by atoms with Crippen LogP contribution in [0.4, 0.5) is 9.18 Å². The molecule has 0 fully saturated rings. The van der Waals surface area contributed by atoms with E-state index in [0.29, 0.717) is 11.1 Å². The van der Waals surface area contributed by atoms with Crippen molar-refractivity contribution in [2.45, 2.75) is 6.54 Å². The van der Waals surface area contributed by atoms with Gasteiger partial charge in [-0.05, 0) is 41.0 Å². The lowest BCUT2D eigenvalue weighted by Gasteiger charge is -2.09. The molecule has 0 saturated carbocycles. The number of benzene rings is 1. The van der Waals surface area contributed by atoms with Crippen LogP contribution < -0.4 is 5.32 Å². The summed E-state index contributed by atoms with van der Waals surface area (Å²) >= 11 is 0. The Morgan fingerprint density at radius 1 is 1.28 bits per heavy atom. The molecule has 2 rings (SSSR count). The van der Waals surface area contributed by atoms with Crippen LogP contribution >= 0.6 is 0 Å². The zero-order chi connectivity index (χ0) is 13.0. The highest BCUT2D eigenvalue weighted by molar-refractivity contribution is 5.69. The van der Waals surface area contributed by atoms with Crippen LogP contribution in [0.15, 0.2) is 42.7 Å². The van der Waals surface area contributed by atoms with Crippen molar-refractivity contribution in [2.75, 3.05) is 0 Å². The van der Waals surface area contributed by atoms with Gasteiger partial charge in [-0.15, -0.1) is 0 Å². The first-order valence-electron chi connectivity index (χ1n) is 5.32. The molecule has 0 saturated heterocycles. The summed E-state index contributed by atoms with van der Waals surface area (Å²) in [5, 5.41) is 10.9. The Balaban J connectivity index is 2.38. The van der Waals surface area contributed by atoms with E-state index < -0.39 is 6.09 Å². The molecule has 0 bridgehead atoms. The quantitative estimate of drug-likeness (QED) is 0.875. The summed E-state index contributed by atoms with van der Waals surface area (Å²) in [5.74, 6) is -0.360. The molecule has 1 aromatic heterocycles. The summed E-state index contributed by atoms with van der Waals surface area (Å²) < 4.78 is 13.3. The molecule has 1 amide bonds. The van der Waals surface area contributed by atoms with E-state index in [1.54, 1.807) is 30.6 Å². The van der Waals surface area contributed by atoms with Gasteiger partial charge >= 0.3 is 6.09 Å². The van der Waals surface area contributed by atoms with Gasteiger partial charge in [0.1, 0.15) is 5.82 Å². The molecule has 0 unspecified atom stereocenters. The van der Waals surface area contributed by atoms with Crippen LogP contribution in [0.3, 0.4) is 0 Å². The molecule has 0 radical (unpaired) electrons. The number of carboxylic acid groups (broad SMARTS) is 1. The zero-order valence-electron chi connectivity index (χ0n) is 9.43. The molecule has 18 heavy (non-hydrogen) atoms. The van der Waals surface area contributed by atoms with E-state index in [0.717, 1.165) is 5.56 Å². The monoisotopic (exact) mass is 246 g/mol. The third kappa shape index (κ3) is 2.82. The Hall–Kier alpha value is -2.43. The highest BCUT2D eigenvalue weighted by Crippen LogP contribution is 2.24. The summed E-state index contributed by atoms with van der Waals surface area (Å²) in [6, 6.07) is 7.76. The van der Waals surface area contributed by atoms with Gasteiger partial charge in [-0.25, -0.2) is 9.18 Å². The molecule has 0 aliphatic rings. The van der Waals surface area contributed by atoms with E-state index in [-0.39, 0.29) is 12.4 Å². The van der Waals surface area contributed by atoms with Crippen LogP contribution in [0, 0.1) is 5.82 Å². The minimum atomic E-state index is -1.11. The maximum atomic E-state index is 13.3. The Morgan fingerprint density at radius 2 is 2.00 bits per heavy atom. The number of halogens is 1. The number of hydrogen-bond donors (Lipinski definition) is 2. The Labute approximate surface area is 103 Å². The first-order chi connectivity index (χ1) is 8.66. The van der Waals surface area contributed by atoms with Crippen LogP contribution in [0.25, 0.3) is 11.1 Å². The predicted molar refractivity (Wildman–Crippen MR) is 64.5 cm³/mol. The van der Waals surface area contributed by atoms with Crippen molar-refractivity contribution >= 4 is 6.09 Å². The largest absolute Gasteiger partial charge is 0.465 e. The maximum absolute atomic E-state index is 13.3. The van der Waals surface area contributed by atoms with Crippen molar-refractivity contribution in [2.24, 2.45) is 0 Å². The SMILES string of the molecule is O=C(O)NCc1ccc(F)cc1-c1ccncc1. The van der Waals surface area contributed by atoms with Gasteiger partial charge in [-0.2, -0.15) is 0 Å². The molecule has 0 aliphatic carbocycles. The lowest BCUT2D eigenvalue weighted by atomic mass is 10.0. The summed E-state index contributed by atoms with van der Waals surface area (Å²) in [7, 11) is 0. The second-order valence-corrected chi connectivity index (χ2v) is 3.70. The van der Waals surface area contributed by atoms with Crippen LogP contribution in [-0.2, 0) is 6.54 Å². The molecule has 2 N–H and O–H groups in total. The highest BCUT2D eigenvalue weighted by atomic mass is 19.1. The zero-order valence-corrected chi connectivity index (χ0v) is 9.43. The number of nitrogens with one attached hydrogen (secondary N) is 1. The molecule has 0 aliphatic heterocycles. The molecule has 1 heterocycles. The van der Waals surface area contributed by atoms with Gasteiger partial charge in [0, 0.05) is 18.9 Å². The van der Waals surface area contributed by atoms with Gasteiger partial charge in [-0.3, -0.25) is 4.98 Å². The average molecular weight is 246 g/mol. The van der Waals surface area contributed by atoms with Gasteiger partial charge < -0.3 is 10.4 Å². The summed E-state index contributed by atoms with van der Waals surface area (Å²) in [6.45, 7) is 0.132. The predicted octanol–water partition coefficient (Wildman–Crippen LogP) is 2.66. The van der Waals surface area contributed by atoms with Crippen LogP contribution in [-0.4, -0.2) is 16.2 Å². The van der Waals surface area contributed by atoms with E-state index in [2.05, 4.69) is 10.3 Å². The number of carbonyl (C=O) groups is 1. The summed E-state index contributed by atoms with van der Waals surface area (Å²) in [5.41, 5.74) is 2.17. The van der Waals surface area contributed by atoms with Crippen LogP contribution in [0.5, 0.6) is 0 Å². The fourth-order valence-electron chi connectivity index (χ4n) is 1.67. The number of pyridine rings is 1. The maximum Gasteiger partial charge on any atom is 0.404 e. The Kier molecular flexibility index (Phi) is 3.52. The van der Waals surface area contributed by atoms with E-state index in [9.17, 15) is 9.18 Å². The van der Waals surface area contributed by atoms with E-state index in [1.165, 1.54) is 12.1 Å². The smallest absolute Gasteiger partial charge is 0.404 e. The fraction of sp³-hybridized carbons (Fsp3) is 0.0769. The third-order valence-corrected chi connectivity index (χ3v) is 2.49. The van der Waals surface area contributed by atoms with Gasteiger partial charge in [0.05, 0.1) is 0 Å². The Morgan fingerprint density at radius 3 is 2.67 bits per heavy atom. The molecular formula is C13H11FN2O2. The molecular weight excluding hydrogens is 235 g/mol. The number of amides is 1. The lowest BCUT2D eigenvalue weighted by Crippen LogP contribution is -2.20. The molecule has 2 aromatic rings. The van der Waals surface area contributed by atoms with Gasteiger partial charge in [-0.1, -0.05) is 6.07 Å². The van der Waals surface area contributed by atoms with Crippen molar-refractivity contribution < 1.29 is 14.3 Å². The van der Waals surface area contributed by atoms with Crippen molar-refractivity contribution in [3.05, 3.63) is 54.1 Å². The topological polar surface area (TPSA) is 62.2 Å². The first-order valence-corrected chi connectivity index (χ1v) is 5.32. The van der Waals surface area contributed by atoms with Crippen molar-refractivity contribution in [3.63, 3.8) is 0 Å². The lowest BCUT2D eigenvalue weighted by molar-refractivity contribution is 0.194. The average Bonchev–Trinajstić information content (AvgIpc) is 2.38. The van der Waals surface area contributed by atoms with E-state index in [4.69, 9.17) is 5.11 Å². The first kappa shape index (κ1) is 12.0. The second-order valence-electron chi connectivity index (χ2n) is 3.70. The number of aromatic nitrogens is 1. The molecule has 5 heteroatoms. The summed E-state index contributed by atoms with van der Waals surface area (Å²) in [6.07, 6.45) is 2.10. The third-order valence-electron chi connectivity index (χ3n) is 2.49. The molecule has 0 atom stereocenters.